The van der Waals surface area contributed by atoms with E-state index in [9.17, 15) is 4.79 Å². The molecule has 2 rings (SSSR count). The molecule has 0 N–H and O–H groups in total. The number of halogens is 1. The van der Waals surface area contributed by atoms with Crippen LogP contribution in [0.4, 0.5) is 0 Å². The Bertz CT molecular complexity index is 555. The van der Waals surface area contributed by atoms with Crippen LogP contribution in [-0.2, 0) is 4.74 Å². The van der Waals surface area contributed by atoms with E-state index in [1.807, 2.05) is 12.1 Å². The Kier molecular flexibility index (Phi) is 3.72. The number of aryl methyl sites for hydroxylation is 1. The summed E-state index contributed by atoms with van der Waals surface area (Å²) < 4.78 is 10.5. The molecule has 0 amide bonds. The van der Waals surface area contributed by atoms with Crippen LogP contribution in [-0.4, -0.2) is 12.6 Å². The Morgan fingerprint density at radius 3 is 2.61 bits per heavy atom. The van der Waals surface area contributed by atoms with Crippen molar-refractivity contribution in [2.45, 2.75) is 13.8 Å². The number of carbonyl (C=O) groups is 1. The van der Waals surface area contributed by atoms with Gasteiger partial charge in [0.15, 0.2) is 0 Å². The molecule has 0 bridgehead atoms. The fourth-order valence-electron chi connectivity index (χ4n) is 1.65. The summed E-state index contributed by atoms with van der Waals surface area (Å²) in [6.07, 6.45) is 0. The number of ether oxygens (including phenoxy) is 1. The van der Waals surface area contributed by atoms with Crippen LogP contribution < -0.4 is 0 Å². The maximum Gasteiger partial charge on any atom is 0.341 e. The van der Waals surface area contributed by atoms with Crippen molar-refractivity contribution in [1.29, 1.82) is 0 Å². The molecule has 0 aliphatic heterocycles. The van der Waals surface area contributed by atoms with Crippen LogP contribution in [0, 0.1) is 6.92 Å². The number of benzene rings is 1. The largest absolute Gasteiger partial charge is 0.462 e. The first-order valence-corrected chi connectivity index (χ1v) is 6.03. The van der Waals surface area contributed by atoms with Crippen molar-refractivity contribution >= 4 is 17.6 Å². The summed E-state index contributed by atoms with van der Waals surface area (Å²) >= 11 is 5.82. The third-order valence-corrected chi connectivity index (χ3v) is 2.79. The molecule has 3 nitrogen and oxygen atoms in total. The molecule has 0 radical (unpaired) electrons. The van der Waals surface area contributed by atoms with Crippen LogP contribution in [0.1, 0.15) is 23.0 Å². The van der Waals surface area contributed by atoms with E-state index in [2.05, 4.69) is 0 Å². The lowest BCUT2D eigenvalue weighted by atomic mass is 10.1. The average molecular weight is 265 g/mol. The van der Waals surface area contributed by atoms with E-state index in [-0.39, 0.29) is 5.97 Å². The summed E-state index contributed by atoms with van der Waals surface area (Å²) in [4.78, 5) is 11.7. The van der Waals surface area contributed by atoms with Crippen LogP contribution >= 0.6 is 11.6 Å². The highest BCUT2D eigenvalue weighted by atomic mass is 35.5. The van der Waals surface area contributed by atoms with Gasteiger partial charge in [0.25, 0.3) is 0 Å². The lowest BCUT2D eigenvalue weighted by Gasteiger charge is -1.97. The molecule has 0 saturated carbocycles. The Hall–Kier alpha value is -1.74. The van der Waals surface area contributed by atoms with Crippen molar-refractivity contribution in [3.63, 3.8) is 0 Å². The standard InChI is InChI=1S/C14H13ClO3/c1-3-17-14(16)12-8-13(18-9(12)2)10-4-6-11(15)7-5-10/h4-8H,3H2,1-2H3. The van der Waals surface area contributed by atoms with Crippen molar-refractivity contribution in [3.05, 3.63) is 46.7 Å². The molecule has 94 valence electrons. The van der Waals surface area contributed by atoms with Gasteiger partial charge < -0.3 is 9.15 Å². The number of hydrogen-bond acceptors (Lipinski definition) is 3. The van der Waals surface area contributed by atoms with E-state index in [0.29, 0.717) is 28.7 Å². The summed E-state index contributed by atoms with van der Waals surface area (Å²) in [6, 6.07) is 8.93. The number of hydrogen-bond donors (Lipinski definition) is 0. The van der Waals surface area contributed by atoms with Gasteiger partial charge in [-0.3, -0.25) is 0 Å². The van der Waals surface area contributed by atoms with Gasteiger partial charge in [-0.2, -0.15) is 0 Å². The molecule has 0 spiro atoms. The number of furan rings is 1. The predicted octanol–water partition coefficient (Wildman–Crippen LogP) is 4.09. The van der Waals surface area contributed by atoms with Crippen LogP contribution in [0.2, 0.25) is 5.02 Å². The van der Waals surface area contributed by atoms with Gasteiger partial charge in [-0.25, -0.2) is 4.79 Å². The Labute approximate surface area is 110 Å². The van der Waals surface area contributed by atoms with Gasteiger partial charge in [-0.1, -0.05) is 11.6 Å². The molecule has 0 aliphatic carbocycles. The zero-order chi connectivity index (χ0) is 13.1. The van der Waals surface area contributed by atoms with Gasteiger partial charge in [0.1, 0.15) is 17.1 Å². The van der Waals surface area contributed by atoms with Gasteiger partial charge in [0, 0.05) is 10.6 Å². The molecule has 1 aromatic heterocycles. The van der Waals surface area contributed by atoms with Gasteiger partial charge in [-0.05, 0) is 44.2 Å². The molecular weight excluding hydrogens is 252 g/mol. The number of esters is 1. The second kappa shape index (κ2) is 5.27. The van der Waals surface area contributed by atoms with E-state index < -0.39 is 0 Å². The van der Waals surface area contributed by atoms with Gasteiger partial charge in [0.05, 0.1) is 6.61 Å². The van der Waals surface area contributed by atoms with Crippen molar-refractivity contribution in [2.24, 2.45) is 0 Å². The molecule has 4 heteroatoms. The zero-order valence-electron chi connectivity index (χ0n) is 10.2. The lowest BCUT2D eigenvalue weighted by molar-refractivity contribution is 0.0524. The smallest absolute Gasteiger partial charge is 0.341 e. The average Bonchev–Trinajstić information content (AvgIpc) is 2.72. The van der Waals surface area contributed by atoms with Crippen LogP contribution in [0.5, 0.6) is 0 Å². The molecular formula is C14H13ClO3. The molecule has 0 saturated heterocycles. The quantitative estimate of drug-likeness (QED) is 0.784. The fraction of sp³-hybridized carbons (Fsp3) is 0.214. The topological polar surface area (TPSA) is 39.4 Å². The molecule has 0 fully saturated rings. The second-order valence-electron chi connectivity index (χ2n) is 3.81. The van der Waals surface area contributed by atoms with Crippen LogP contribution in [0.15, 0.2) is 34.7 Å². The molecule has 0 atom stereocenters. The number of rotatable bonds is 3. The number of carbonyl (C=O) groups excluding carboxylic acids is 1. The normalized spacial score (nSPS) is 10.4. The minimum absolute atomic E-state index is 0.347. The lowest BCUT2D eigenvalue weighted by Crippen LogP contribution is -2.04. The maximum absolute atomic E-state index is 11.7. The Balaban J connectivity index is 2.34. The van der Waals surface area contributed by atoms with Crippen molar-refractivity contribution in [2.75, 3.05) is 6.61 Å². The van der Waals surface area contributed by atoms with E-state index >= 15 is 0 Å². The summed E-state index contributed by atoms with van der Waals surface area (Å²) in [6.45, 7) is 3.86. The first-order valence-electron chi connectivity index (χ1n) is 5.65. The monoisotopic (exact) mass is 264 g/mol. The second-order valence-corrected chi connectivity index (χ2v) is 4.24. The predicted molar refractivity (Wildman–Crippen MR) is 69.8 cm³/mol. The molecule has 1 heterocycles. The maximum atomic E-state index is 11.7. The van der Waals surface area contributed by atoms with E-state index in [4.69, 9.17) is 20.8 Å². The third-order valence-electron chi connectivity index (χ3n) is 2.54. The highest BCUT2D eigenvalue weighted by Gasteiger charge is 2.16. The first kappa shape index (κ1) is 12.7. The third kappa shape index (κ3) is 2.57. The summed E-state index contributed by atoms with van der Waals surface area (Å²) in [7, 11) is 0. The molecule has 0 aliphatic rings. The molecule has 18 heavy (non-hydrogen) atoms. The van der Waals surface area contributed by atoms with E-state index in [0.717, 1.165) is 5.56 Å². The highest BCUT2D eigenvalue weighted by molar-refractivity contribution is 6.30. The summed E-state index contributed by atoms with van der Waals surface area (Å²) in [5.74, 6) is 0.824. The summed E-state index contributed by atoms with van der Waals surface area (Å²) in [5, 5.41) is 0.660. The van der Waals surface area contributed by atoms with Gasteiger partial charge in [-0.15, -0.1) is 0 Å². The Morgan fingerprint density at radius 1 is 1.33 bits per heavy atom. The molecule has 2 aromatic rings. The minimum atomic E-state index is -0.362. The van der Waals surface area contributed by atoms with Crippen molar-refractivity contribution in [1.82, 2.24) is 0 Å². The summed E-state index contributed by atoms with van der Waals surface area (Å²) in [5.41, 5.74) is 1.33. The van der Waals surface area contributed by atoms with E-state index in [1.165, 1.54) is 0 Å². The van der Waals surface area contributed by atoms with Crippen molar-refractivity contribution in [3.8, 4) is 11.3 Å². The molecule has 0 unspecified atom stereocenters. The Morgan fingerprint density at radius 2 is 2.00 bits per heavy atom. The zero-order valence-corrected chi connectivity index (χ0v) is 11.0. The van der Waals surface area contributed by atoms with Crippen molar-refractivity contribution < 1.29 is 13.9 Å². The SMILES string of the molecule is CCOC(=O)c1cc(-c2ccc(Cl)cc2)oc1C. The van der Waals surface area contributed by atoms with Crippen LogP contribution in [0.25, 0.3) is 11.3 Å². The fourth-order valence-corrected chi connectivity index (χ4v) is 1.78. The minimum Gasteiger partial charge on any atom is -0.462 e. The van der Waals surface area contributed by atoms with Gasteiger partial charge in [0.2, 0.25) is 0 Å². The molecule has 1 aromatic carbocycles. The first-order chi connectivity index (χ1) is 8.61. The van der Waals surface area contributed by atoms with Crippen LogP contribution in [0.3, 0.4) is 0 Å². The van der Waals surface area contributed by atoms with Gasteiger partial charge >= 0.3 is 5.97 Å². The van der Waals surface area contributed by atoms with E-state index in [1.54, 1.807) is 32.0 Å². The highest BCUT2D eigenvalue weighted by Crippen LogP contribution is 2.26.